The van der Waals surface area contributed by atoms with E-state index in [2.05, 4.69) is 15.0 Å². The van der Waals surface area contributed by atoms with Gasteiger partial charge in [-0.25, -0.2) is 15.0 Å². The summed E-state index contributed by atoms with van der Waals surface area (Å²) in [5.41, 5.74) is 12.3. The van der Waals surface area contributed by atoms with Crippen LogP contribution in [0, 0.1) is 13.8 Å². The first kappa shape index (κ1) is 16.5. The van der Waals surface area contributed by atoms with E-state index in [0.29, 0.717) is 10.8 Å². The lowest BCUT2D eigenvalue weighted by atomic mass is 10.0. The highest BCUT2D eigenvalue weighted by Gasteiger charge is 2.13. The number of hydrogen-bond donors (Lipinski definition) is 1. The normalized spacial score (nSPS) is 11.0. The molecule has 0 bridgehead atoms. The first-order chi connectivity index (χ1) is 12.5. The first-order valence-electron chi connectivity index (χ1n) is 8.29. The predicted molar refractivity (Wildman–Crippen MR) is 107 cm³/mol. The molecule has 2 aromatic heterocycles. The number of nitrogen functional groups attached to an aromatic ring is 1. The van der Waals surface area contributed by atoms with Crippen LogP contribution in [0.4, 0.5) is 5.95 Å². The second kappa shape index (κ2) is 6.39. The van der Waals surface area contributed by atoms with Crippen LogP contribution in [0.15, 0.2) is 54.6 Å². The lowest BCUT2D eigenvalue weighted by Gasteiger charge is -2.10. The maximum atomic E-state index is 6.47. The summed E-state index contributed by atoms with van der Waals surface area (Å²) in [5, 5.41) is 1.42. The highest BCUT2D eigenvalue weighted by atomic mass is 35.5. The zero-order valence-electron chi connectivity index (χ0n) is 14.5. The number of nitrogens with two attached hydrogens (primary N) is 1. The maximum absolute atomic E-state index is 6.47. The molecule has 0 aliphatic carbocycles. The van der Waals surface area contributed by atoms with Crippen molar-refractivity contribution >= 4 is 28.5 Å². The summed E-state index contributed by atoms with van der Waals surface area (Å²) in [6, 6.07) is 18.0. The number of fused-ring (bicyclic) bond motifs is 1. The Balaban J connectivity index is 1.89. The van der Waals surface area contributed by atoms with Gasteiger partial charge in [0.05, 0.1) is 16.9 Å². The molecule has 0 saturated heterocycles. The number of anilines is 1. The summed E-state index contributed by atoms with van der Waals surface area (Å²) in [6.07, 6.45) is 0. The molecule has 0 saturated carbocycles. The summed E-state index contributed by atoms with van der Waals surface area (Å²) >= 11 is 6.47. The van der Waals surface area contributed by atoms with Crippen molar-refractivity contribution in [3.63, 3.8) is 0 Å². The second-order valence-electron chi connectivity index (χ2n) is 6.34. The van der Waals surface area contributed by atoms with E-state index in [1.54, 1.807) is 0 Å². The van der Waals surface area contributed by atoms with Crippen molar-refractivity contribution in [2.45, 2.75) is 13.8 Å². The standard InChI is InChI=1S/C21H17ClN4/c1-12-6-8-14(9-7-12)17-11-18(25-21(23)24-17)16-10-15-5-3-4-13(2)19(15)26-20(16)22/h3-11H,1-2H3,(H2,23,24,25). The number of benzene rings is 2. The minimum absolute atomic E-state index is 0.207. The van der Waals surface area contributed by atoms with Gasteiger partial charge in [0.1, 0.15) is 5.15 Å². The average Bonchev–Trinajstić information content (AvgIpc) is 2.62. The van der Waals surface area contributed by atoms with E-state index >= 15 is 0 Å². The molecule has 4 rings (SSSR count). The largest absolute Gasteiger partial charge is 0.368 e. The van der Waals surface area contributed by atoms with E-state index in [9.17, 15) is 0 Å². The van der Waals surface area contributed by atoms with Crippen molar-refractivity contribution < 1.29 is 0 Å². The van der Waals surface area contributed by atoms with Gasteiger partial charge in [0.25, 0.3) is 0 Å². The molecular weight excluding hydrogens is 344 g/mol. The Hall–Kier alpha value is -2.98. The van der Waals surface area contributed by atoms with Crippen molar-refractivity contribution in [3.8, 4) is 22.5 Å². The number of nitrogens with zero attached hydrogens (tertiary/aromatic N) is 3. The molecule has 4 nitrogen and oxygen atoms in total. The first-order valence-corrected chi connectivity index (χ1v) is 8.67. The molecule has 0 fully saturated rings. The smallest absolute Gasteiger partial charge is 0.221 e. The lowest BCUT2D eigenvalue weighted by molar-refractivity contribution is 1.19. The SMILES string of the molecule is Cc1ccc(-c2cc(-c3cc4cccc(C)c4nc3Cl)nc(N)n2)cc1. The van der Waals surface area contributed by atoms with E-state index in [1.807, 2.05) is 68.4 Å². The van der Waals surface area contributed by atoms with Gasteiger partial charge in [-0.1, -0.05) is 59.6 Å². The fraction of sp³-hybridized carbons (Fsp3) is 0.0952. The lowest BCUT2D eigenvalue weighted by Crippen LogP contribution is -1.99. The Morgan fingerprint density at radius 1 is 0.846 bits per heavy atom. The van der Waals surface area contributed by atoms with Crippen LogP contribution in [0.3, 0.4) is 0 Å². The average molecular weight is 361 g/mol. The van der Waals surface area contributed by atoms with Crippen molar-refractivity contribution in [1.29, 1.82) is 0 Å². The van der Waals surface area contributed by atoms with E-state index in [1.165, 1.54) is 5.56 Å². The van der Waals surface area contributed by atoms with Crippen LogP contribution in [0.1, 0.15) is 11.1 Å². The third-order valence-corrected chi connectivity index (χ3v) is 4.66. The number of halogens is 1. The molecule has 4 aromatic rings. The van der Waals surface area contributed by atoms with Crippen LogP contribution in [0.25, 0.3) is 33.4 Å². The number of rotatable bonds is 2. The molecule has 128 valence electrons. The van der Waals surface area contributed by atoms with Crippen LogP contribution in [0.5, 0.6) is 0 Å². The Bertz CT molecular complexity index is 1120. The third kappa shape index (κ3) is 3.00. The molecule has 0 aliphatic heterocycles. The molecule has 5 heteroatoms. The number of aromatic nitrogens is 3. The summed E-state index contributed by atoms with van der Waals surface area (Å²) in [4.78, 5) is 13.3. The van der Waals surface area contributed by atoms with Gasteiger partial charge in [0, 0.05) is 16.5 Å². The highest BCUT2D eigenvalue weighted by molar-refractivity contribution is 6.32. The summed E-state index contributed by atoms with van der Waals surface area (Å²) in [6.45, 7) is 4.07. The van der Waals surface area contributed by atoms with Crippen LogP contribution in [0.2, 0.25) is 5.15 Å². The molecule has 2 aromatic carbocycles. The van der Waals surface area contributed by atoms with Crippen LogP contribution in [-0.2, 0) is 0 Å². The molecule has 0 atom stereocenters. The summed E-state index contributed by atoms with van der Waals surface area (Å²) in [5.74, 6) is 0.207. The highest BCUT2D eigenvalue weighted by Crippen LogP contribution is 2.32. The van der Waals surface area contributed by atoms with Gasteiger partial charge in [-0.3, -0.25) is 0 Å². The molecule has 0 amide bonds. The van der Waals surface area contributed by atoms with Crippen LogP contribution >= 0.6 is 11.6 Å². The Labute approximate surface area is 156 Å². The zero-order chi connectivity index (χ0) is 18.3. The quantitative estimate of drug-likeness (QED) is 0.498. The van der Waals surface area contributed by atoms with E-state index in [0.717, 1.165) is 33.3 Å². The maximum Gasteiger partial charge on any atom is 0.221 e. The number of hydrogen-bond acceptors (Lipinski definition) is 4. The fourth-order valence-corrected chi connectivity index (χ4v) is 3.22. The molecule has 2 heterocycles. The van der Waals surface area contributed by atoms with Gasteiger partial charge >= 0.3 is 0 Å². The topological polar surface area (TPSA) is 64.7 Å². The van der Waals surface area contributed by atoms with Crippen molar-refractivity contribution in [3.05, 3.63) is 70.9 Å². The van der Waals surface area contributed by atoms with Crippen LogP contribution < -0.4 is 5.73 Å². The monoisotopic (exact) mass is 360 g/mol. The molecule has 0 radical (unpaired) electrons. The molecule has 0 unspecified atom stereocenters. The van der Waals surface area contributed by atoms with Crippen LogP contribution in [-0.4, -0.2) is 15.0 Å². The van der Waals surface area contributed by atoms with Crippen molar-refractivity contribution in [2.24, 2.45) is 0 Å². The van der Waals surface area contributed by atoms with Gasteiger partial charge < -0.3 is 5.73 Å². The summed E-state index contributed by atoms with van der Waals surface area (Å²) < 4.78 is 0. The number of aryl methyl sites for hydroxylation is 2. The molecule has 0 aliphatic rings. The van der Waals surface area contributed by atoms with Gasteiger partial charge in [0.2, 0.25) is 5.95 Å². The summed E-state index contributed by atoms with van der Waals surface area (Å²) in [7, 11) is 0. The van der Waals surface area contributed by atoms with Crippen molar-refractivity contribution in [2.75, 3.05) is 5.73 Å². The molecule has 26 heavy (non-hydrogen) atoms. The minimum atomic E-state index is 0.207. The molecule has 0 spiro atoms. The zero-order valence-corrected chi connectivity index (χ0v) is 15.2. The Morgan fingerprint density at radius 3 is 2.35 bits per heavy atom. The second-order valence-corrected chi connectivity index (χ2v) is 6.69. The minimum Gasteiger partial charge on any atom is -0.368 e. The van der Waals surface area contributed by atoms with Crippen molar-refractivity contribution in [1.82, 2.24) is 15.0 Å². The predicted octanol–water partition coefficient (Wildman–Crippen LogP) is 5.21. The third-order valence-electron chi connectivity index (χ3n) is 4.37. The van der Waals surface area contributed by atoms with E-state index in [-0.39, 0.29) is 5.95 Å². The Kier molecular flexibility index (Phi) is 4.05. The molecule has 2 N–H and O–H groups in total. The van der Waals surface area contributed by atoms with E-state index < -0.39 is 0 Å². The van der Waals surface area contributed by atoms with E-state index in [4.69, 9.17) is 17.3 Å². The van der Waals surface area contributed by atoms with Gasteiger partial charge in [-0.15, -0.1) is 0 Å². The Morgan fingerprint density at radius 2 is 1.58 bits per heavy atom. The fourth-order valence-electron chi connectivity index (χ4n) is 2.98. The number of para-hydroxylation sites is 1. The number of pyridine rings is 1. The van der Waals surface area contributed by atoms with Gasteiger partial charge in [-0.05, 0) is 31.5 Å². The van der Waals surface area contributed by atoms with Gasteiger partial charge in [-0.2, -0.15) is 0 Å². The van der Waals surface area contributed by atoms with Gasteiger partial charge in [0.15, 0.2) is 0 Å². The molecular formula is C21H17ClN4.